The predicted octanol–water partition coefficient (Wildman–Crippen LogP) is 2.78. The summed E-state index contributed by atoms with van der Waals surface area (Å²) < 4.78 is 0.733. The van der Waals surface area contributed by atoms with Crippen LogP contribution in [0.1, 0.15) is 0 Å². The summed E-state index contributed by atoms with van der Waals surface area (Å²) in [5.74, 6) is 0. The fourth-order valence-corrected chi connectivity index (χ4v) is 1.85. The summed E-state index contributed by atoms with van der Waals surface area (Å²) in [7, 11) is 0. The van der Waals surface area contributed by atoms with E-state index < -0.39 is 0 Å². The van der Waals surface area contributed by atoms with Crippen molar-refractivity contribution in [3.05, 3.63) is 41.4 Å². The van der Waals surface area contributed by atoms with E-state index in [1.807, 2.05) is 18.2 Å². The molecular formula is C11H7BrN4. The van der Waals surface area contributed by atoms with Crippen LogP contribution < -0.4 is 0 Å². The van der Waals surface area contributed by atoms with E-state index in [2.05, 4.69) is 35.9 Å². The number of nitrogens with zero attached hydrogens (tertiary/aromatic N) is 3. The molecule has 0 spiro atoms. The molecule has 0 unspecified atom stereocenters. The number of aromatic nitrogens is 4. The average molecular weight is 275 g/mol. The van der Waals surface area contributed by atoms with Crippen LogP contribution >= 0.6 is 15.9 Å². The molecular weight excluding hydrogens is 268 g/mol. The van der Waals surface area contributed by atoms with E-state index in [0.717, 1.165) is 27.0 Å². The van der Waals surface area contributed by atoms with Crippen molar-refractivity contribution in [2.75, 3.05) is 0 Å². The van der Waals surface area contributed by atoms with Gasteiger partial charge in [-0.05, 0) is 34.1 Å². The summed E-state index contributed by atoms with van der Waals surface area (Å²) in [5, 5.41) is 0. The van der Waals surface area contributed by atoms with Crippen molar-refractivity contribution < 1.29 is 0 Å². The Morgan fingerprint density at radius 2 is 2.19 bits per heavy atom. The van der Waals surface area contributed by atoms with Crippen molar-refractivity contribution in [2.45, 2.75) is 0 Å². The zero-order valence-electron chi connectivity index (χ0n) is 8.18. The number of H-pyrrole nitrogens is 1. The summed E-state index contributed by atoms with van der Waals surface area (Å²) >= 11 is 3.30. The topological polar surface area (TPSA) is 54.5 Å². The molecule has 0 bridgehead atoms. The fourth-order valence-electron chi connectivity index (χ4n) is 1.56. The highest BCUT2D eigenvalue weighted by Gasteiger charge is 2.05. The molecule has 3 aromatic rings. The molecule has 16 heavy (non-hydrogen) atoms. The summed E-state index contributed by atoms with van der Waals surface area (Å²) in [6, 6.07) is 5.86. The maximum absolute atomic E-state index is 4.32. The quantitative estimate of drug-likeness (QED) is 0.743. The van der Waals surface area contributed by atoms with Crippen molar-refractivity contribution in [1.29, 1.82) is 0 Å². The zero-order chi connectivity index (χ0) is 11.0. The molecule has 0 radical (unpaired) electrons. The van der Waals surface area contributed by atoms with Crippen LogP contribution in [0.4, 0.5) is 0 Å². The molecule has 0 aliphatic rings. The summed E-state index contributed by atoms with van der Waals surface area (Å²) in [6.45, 7) is 0. The van der Waals surface area contributed by atoms with Gasteiger partial charge in [0.05, 0.1) is 11.9 Å². The van der Waals surface area contributed by atoms with Gasteiger partial charge in [-0.3, -0.25) is 4.98 Å². The van der Waals surface area contributed by atoms with Gasteiger partial charge in [0.2, 0.25) is 0 Å². The van der Waals surface area contributed by atoms with Crippen molar-refractivity contribution in [1.82, 2.24) is 19.9 Å². The fraction of sp³-hybridized carbons (Fsp3) is 0. The van der Waals surface area contributed by atoms with Crippen LogP contribution in [0, 0.1) is 0 Å². The first-order chi connectivity index (χ1) is 7.83. The molecule has 3 aromatic heterocycles. The van der Waals surface area contributed by atoms with Crippen LogP contribution in [-0.4, -0.2) is 19.9 Å². The number of pyridine rings is 1. The van der Waals surface area contributed by atoms with Gasteiger partial charge in [0, 0.05) is 18.0 Å². The van der Waals surface area contributed by atoms with Crippen molar-refractivity contribution in [3.63, 3.8) is 0 Å². The van der Waals surface area contributed by atoms with Gasteiger partial charge in [-0.1, -0.05) is 0 Å². The molecule has 1 N–H and O–H groups in total. The minimum Gasteiger partial charge on any atom is -0.338 e. The van der Waals surface area contributed by atoms with Crippen LogP contribution in [0.15, 0.2) is 41.4 Å². The Bertz CT molecular complexity index is 633. The molecule has 0 fully saturated rings. The van der Waals surface area contributed by atoms with E-state index in [9.17, 15) is 0 Å². The Morgan fingerprint density at radius 3 is 3.00 bits per heavy atom. The Hall–Kier alpha value is -1.75. The number of halogens is 1. The van der Waals surface area contributed by atoms with Gasteiger partial charge in [-0.2, -0.15) is 0 Å². The van der Waals surface area contributed by atoms with E-state index in [0.29, 0.717) is 0 Å². The Labute approximate surface area is 99.9 Å². The molecule has 4 nitrogen and oxygen atoms in total. The lowest BCUT2D eigenvalue weighted by molar-refractivity contribution is 1.23. The number of hydrogen-bond donors (Lipinski definition) is 1. The van der Waals surface area contributed by atoms with Crippen molar-refractivity contribution in [2.24, 2.45) is 0 Å². The van der Waals surface area contributed by atoms with Gasteiger partial charge in [0.1, 0.15) is 10.1 Å². The minimum atomic E-state index is 0.733. The predicted molar refractivity (Wildman–Crippen MR) is 64.8 cm³/mol. The second-order valence-electron chi connectivity index (χ2n) is 3.35. The number of hydrogen-bond acceptors (Lipinski definition) is 3. The molecule has 0 amide bonds. The first-order valence-electron chi connectivity index (χ1n) is 4.74. The molecule has 78 valence electrons. The normalized spacial score (nSPS) is 10.8. The molecule has 0 aliphatic carbocycles. The van der Waals surface area contributed by atoms with Gasteiger partial charge in [0.25, 0.3) is 0 Å². The Morgan fingerprint density at radius 1 is 1.25 bits per heavy atom. The Kier molecular flexibility index (Phi) is 2.18. The molecule has 0 aliphatic heterocycles. The summed E-state index contributed by atoms with van der Waals surface area (Å²) in [4.78, 5) is 15.8. The molecule has 0 aromatic carbocycles. The smallest absolute Gasteiger partial charge is 0.156 e. The lowest BCUT2D eigenvalue weighted by atomic mass is 10.2. The summed E-state index contributed by atoms with van der Waals surface area (Å²) in [5.41, 5.74) is 3.62. The van der Waals surface area contributed by atoms with Crippen molar-refractivity contribution in [3.8, 4) is 11.3 Å². The highest BCUT2D eigenvalue weighted by molar-refractivity contribution is 9.10. The monoisotopic (exact) mass is 274 g/mol. The van der Waals surface area contributed by atoms with Gasteiger partial charge < -0.3 is 4.98 Å². The maximum Gasteiger partial charge on any atom is 0.156 e. The molecule has 3 rings (SSSR count). The molecule has 3 heterocycles. The number of nitrogens with one attached hydrogen (secondary N) is 1. The average Bonchev–Trinajstić information content (AvgIpc) is 2.73. The molecule has 0 atom stereocenters. The Balaban J connectivity index is 2.19. The van der Waals surface area contributed by atoms with Gasteiger partial charge >= 0.3 is 0 Å². The van der Waals surface area contributed by atoms with Crippen LogP contribution in [0.3, 0.4) is 0 Å². The zero-order valence-corrected chi connectivity index (χ0v) is 9.77. The third kappa shape index (κ3) is 1.59. The van der Waals surface area contributed by atoms with Crippen LogP contribution in [0.5, 0.6) is 0 Å². The van der Waals surface area contributed by atoms with Crippen LogP contribution in [-0.2, 0) is 0 Å². The van der Waals surface area contributed by atoms with E-state index in [-0.39, 0.29) is 0 Å². The van der Waals surface area contributed by atoms with Crippen molar-refractivity contribution >= 4 is 27.1 Å². The SMILES string of the molecule is Brc1cnc2[nH]c(-c3cccnc3)cc2n1. The van der Waals surface area contributed by atoms with Gasteiger partial charge in [0.15, 0.2) is 5.65 Å². The standard InChI is InChI=1S/C11H7BrN4/c12-10-6-14-11-9(15-10)4-8(16-11)7-2-1-3-13-5-7/h1-6H,(H,14,16). The largest absolute Gasteiger partial charge is 0.338 e. The van der Waals surface area contributed by atoms with E-state index in [4.69, 9.17) is 0 Å². The second-order valence-corrected chi connectivity index (χ2v) is 4.16. The van der Waals surface area contributed by atoms with Crippen LogP contribution in [0.25, 0.3) is 22.4 Å². The third-order valence-corrected chi connectivity index (χ3v) is 2.66. The number of aromatic amines is 1. The van der Waals surface area contributed by atoms with E-state index >= 15 is 0 Å². The molecule has 0 saturated heterocycles. The molecule has 0 saturated carbocycles. The lowest BCUT2D eigenvalue weighted by Gasteiger charge is -1.93. The minimum absolute atomic E-state index is 0.733. The number of rotatable bonds is 1. The molecule has 5 heteroatoms. The van der Waals surface area contributed by atoms with Crippen LogP contribution in [0.2, 0.25) is 0 Å². The van der Waals surface area contributed by atoms with E-state index in [1.54, 1.807) is 18.6 Å². The highest BCUT2D eigenvalue weighted by Crippen LogP contribution is 2.21. The number of fused-ring (bicyclic) bond motifs is 1. The van der Waals surface area contributed by atoms with E-state index in [1.165, 1.54) is 0 Å². The van der Waals surface area contributed by atoms with Gasteiger partial charge in [-0.15, -0.1) is 0 Å². The third-order valence-electron chi connectivity index (χ3n) is 2.28. The maximum atomic E-state index is 4.32. The second kappa shape index (κ2) is 3.68. The first kappa shape index (κ1) is 9.47. The lowest BCUT2D eigenvalue weighted by Crippen LogP contribution is -1.80. The van der Waals surface area contributed by atoms with Gasteiger partial charge in [-0.25, -0.2) is 9.97 Å². The highest BCUT2D eigenvalue weighted by atomic mass is 79.9. The first-order valence-corrected chi connectivity index (χ1v) is 5.54. The summed E-state index contributed by atoms with van der Waals surface area (Å²) in [6.07, 6.45) is 5.23.